The Morgan fingerprint density at radius 3 is 2.58 bits per heavy atom. The second kappa shape index (κ2) is 4.80. The standard InChI is InChI=1S/C12H12F4N2O/c13-10-2-1-7(5-9(10)12(14,15)16)11(19)18-4-3-8(17)6-18/h1-2,5,8H,3-4,6,17H2. The molecule has 0 aromatic heterocycles. The van der Waals surface area contributed by atoms with Crippen LogP contribution >= 0.6 is 0 Å². The first-order chi connectivity index (χ1) is 8.79. The van der Waals surface area contributed by atoms with Crippen molar-refractivity contribution >= 4 is 5.91 Å². The summed E-state index contributed by atoms with van der Waals surface area (Å²) in [7, 11) is 0. The van der Waals surface area contributed by atoms with Gasteiger partial charge in [-0.15, -0.1) is 0 Å². The minimum atomic E-state index is -4.82. The molecule has 0 radical (unpaired) electrons. The number of likely N-dealkylation sites (tertiary alicyclic amines) is 1. The Hall–Kier alpha value is -1.63. The SMILES string of the molecule is NC1CCN(C(=O)c2ccc(F)c(C(F)(F)F)c2)C1. The third-order valence-electron chi connectivity index (χ3n) is 3.03. The fourth-order valence-electron chi connectivity index (χ4n) is 2.03. The molecule has 19 heavy (non-hydrogen) atoms. The maximum atomic E-state index is 13.1. The summed E-state index contributed by atoms with van der Waals surface area (Å²) in [5, 5.41) is 0. The van der Waals surface area contributed by atoms with Crippen LogP contribution in [0.1, 0.15) is 22.3 Å². The van der Waals surface area contributed by atoms with Crippen LogP contribution in [0, 0.1) is 5.82 Å². The zero-order valence-corrected chi connectivity index (χ0v) is 9.88. The molecule has 0 saturated carbocycles. The van der Waals surface area contributed by atoms with Gasteiger partial charge in [-0.2, -0.15) is 13.2 Å². The summed E-state index contributed by atoms with van der Waals surface area (Å²) in [6.07, 6.45) is -4.21. The molecule has 1 fully saturated rings. The van der Waals surface area contributed by atoms with Crippen LogP contribution < -0.4 is 5.73 Å². The van der Waals surface area contributed by atoms with Gasteiger partial charge in [0.15, 0.2) is 0 Å². The molecule has 0 bridgehead atoms. The molecule has 1 saturated heterocycles. The van der Waals surface area contributed by atoms with Crippen molar-refractivity contribution in [3.05, 3.63) is 35.1 Å². The van der Waals surface area contributed by atoms with E-state index in [1.54, 1.807) is 0 Å². The Kier molecular flexibility index (Phi) is 3.49. The average molecular weight is 276 g/mol. The molecule has 1 atom stereocenters. The number of rotatable bonds is 1. The van der Waals surface area contributed by atoms with Crippen LogP contribution in [0.5, 0.6) is 0 Å². The third-order valence-corrected chi connectivity index (χ3v) is 3.03. The van der Waals surface area contributed by atoms with Crippen LogP contribution in [0.2, 0.25) is 0 Å². The third kappa shape index (κ3) is 2.86. The smallest absolute Gasteiger partial charge is 0.337 e. The fourth-order valence-corrected chi connectivity index (χ4v) is 2.03. The van der Waals surface area contributed by atoms with Gasteiger partial charge in [-0.3, -0.25) is 4.79 Å². The highest BCUT2D eigenvalue weighted by molar-refractivity contribution is 5.94. The highest BCUT2D eigenvalue weighted by Gasteiger charge is 2.35. The maximum Gasteiger partial charge on any atom is 0.419 e. The lowest BCUT2D eigenvalue weighted by Gasteiger charge is -2.17. The zero-order chi connectivity index (χ0) is 14.2. The van der Waals surface area contributed by atoms with Gasteiger partial charge in [0.1, 0.15) is 5.82 Å². The quantitative estimate of drug-likeness (QED) is 0.798. The van der Waals surface area contributed by atoms with Crippen LogP contribution in [0.25, 0.3) is 0 Å². The number of alkyl halides is 3. The fraction of sp³-hybridized carbons (Fsp3) is 0.417. The van der Waals surface area contributed by atoms with Crippen LogP contribution in [-0.4, -0.2) is 29.9 Å². The molecule has 3 nitrogen and oxygen atoms in total. The van der Waals surface area contributed by atoms with E-state index in [1.807, 2.05) is 0 Å². The molecule has 2 N–H and O–H groups in total. The summed E-state index contributed by atoms with van der Waals surface area (Å²) in [6.45, 7) is 0.705. The van der Waals surface area contributed by atoms with Crippen molar-refractivity contribution < 1.29 is 22.4 Å². The van der Waals surface area contributed by atoms with Crippen LogP contribution in [0.4, 0.5) is 17.6 Å². The Morgan fingerprint density at radius 1 is 1.37 bits per heavy atom. The number of nitrogens with two attached hydrogens (primary N) is 1. The van der Waals surface area contributed by atoms with Crippen LogP contribution in [0.15, 0.2) is 18.2 Å². The first kappa shape index (κ1) is 13.8. The van der Waals surface area contributed by atoms with Crippen LogP contribution in [-0.2, 0) is 6.18 Å². The normalized spacial score (nSPS) is 19.8. The minimum absolute atomic E-state index is 0.161. The van der Waals surface area contributed by atoms with E-state index < -0.39 is 23.5 Å². The molecule has 1 heterocycles. The second-order valence-electron chi connectivity index (χ2n) is 4.49. The van der Waals surface area contributed by atoms with Crippen molar-refractivity contribution in [1.82, 2.24) is 4.90 Å². The number of benzene rings is 1. The topological polar surface area (TPSA) is 46.3 Å². The number of carbonyl (C=O) groups is 1. The Bertz CT molecular complexity index is 501. The summed E-state index contributed by atoms with van der Waals surface area (Å²) in [6, 6.07) is 2.09. The van der Waals surface area contributed by atoms with E-state index in [1.165, 1.54) is 4.90 Å². The Labute approximate surface area is 107 Å². The Morgan fingerprint density at radius 2 is 2.05 bits per heavy atom. The van der Waals surface area contributed by atoms with E-state index in [-0.39, 0.29) is 11.6 Å². The highest BCUT2D eigenvalue weighted by atomic mass is 19.4. The lowest BCUT2D eigenvalue weighted by Crippen LogP contribution is -2.32. The molecule has 0 spiro atoms. The average Bonchev–Trinajstić information content (AvgIpc) is 2.74. The molecular weight excluding hydrogens is 264 g/mol. The van der Waals surface area contributed by atoms with Crippen molar-refractivity contribution in [2.45, 2.75) is 18.6 Å². The molecule has 0 aliphatic carbocycles. The van der Waals surface area contributed by atoms with Gasteiger partial charge < -0.3 is 10.6 Å². The van der Waals surface area contributed by atoms with Crippen LogP contribution in [0.3, 0.4) is 0 Å². The molecule has 2 rings (SSSR count). The van der Waals surface area contributed by atoms with E-state index in [0.29, 0.717) is 31.6 Å². The van der Waals surface area contributed by atoms with E-state index >= 15 is 0 Å². The van der Waals surface area contributed by atoms with Crippen molar-refractivity contribution in [1.29, 1.82) is 0 Å². The molecule has 104 valence electrons. The van der Waals surface area contributed by atoms with Gasteiger partial charge in [0, 0.05) is 24.7 Å². The van der Waals surface area contributed by atoms with Gasteiger partial charge in [0.05, 0.1) is 5.56 Å². The molecular formula is C12H12F4N2O. The molecule has 7 heteroatoms. The largest absolute Gasteiger partial charge is 0.419 e. The number of amides is 1. The van der Waals surface area contributed by atoms with Crippen molar-refractivity contribution in [3.8, 4) is 0 Å². The van der Waals surface area contributed by atoms with E-state index in [4.69, 9.17) is 5.73 Å². The molecule has 1 unspecified atom stereocenters. The molecule has 1 aromatic carbocycles. The molecule has 1 aliphatic heterocycles. The van der Waals surface area contributed by atoms with E-state index in [2.05, 4.69) is 0 Å². The first-order valence-electron chi connectivity index (χ1n) is 5.70. The first-order valence-corrected chi connectivity index (χ1v) is 5.70. The van der Waals surface area contributed by atoms with E-state index in [9.17, 15) is 22.4 Å². The molecule has 1 aliphatic rings. The number of carbonyl (C=O) groups excluding carboxylic acids is 1. The predicted molar refractivity (Wildman–Crippen MR) is 59.9 cm³/mol. The summed E-state index contributed by atoms with van der Waals surface area (Å²) in [5.41, 5.74) is 4.02. The van der Waals surface area contributed by atoms with Gasteiger partial charge in [-0.25, -0.2) is 4.39 Å². The zero-order valence-electron chi connectivity index (χ0n) is 9.88. The van der Waals surface area contributed by atoms with Gasteiger partial charge in [0.2, 0.25) is 0 Å². The summed E-state index contributed by atoms with van der Waals surface area (Å²) in [4.78, 5) is 13.3. The van der Waals surface area contributed by atoms with Gasteiger partial charge >= 0.3 is 6.18 Å². The van der Waals surface area contributed by atoms with Gasteiger partial charge in [-0.05, 0) is 24.6 Å². The molecule has 1 aromatic rings. The number of hydrogen-bond donors (Lipinski definition) is 1. The highest BCUT2D eigenvalue weighted by Crippen LogP contribution is 2.32. The number of halogens is 4. The minimum Gasteiger partial charge on any atom is -0.337 e. The maximum absolute atomic E-state index is 13.1. The lowest BCUT2D eigenvalue weighted by atomic mass is 10.1. The van der Waals surface area contributed by atoms with Gasteiger partial charge in [0.25, 0.3) is 5.91 Å². The summed E-state index contributed by atoms with van der Waals surface area (Å²) < 4.78 is 50.7. The van der Waals surface area contributed by atoms with E-state index in [0.717, 1.165) is 6.07 Å². The predicted octanol–water partition coefficient (Wildman–Crippen LogP) is 2.02. The monoisotopic (exact) mass is 276 g/mol. The molecule has 1 amide bonds. The summed E-state index contributed by atoms with van der Waals surface area (Å²) in [5.74, 6) is -1.94. The number of nitrogens with zero attached hydrogens (tertiary/aromatic N) is 1. The Balaban J connectivity index is 2.28. The lowest BCUT2D eigenvalue weighted by molar-refractivity contribution is -0.140. The summed E-state index contributed by atoms with van der Waals surface area (Å²) >= 11 is 0. The second-order valence-corrected chi connectivity index (χ2v) is 4.49. The van der Waals surface area contributed by atoms with Crippen molar-refractivity contribution in [2.24, 2.45) is 5.73 Å². The van der Waals surface area contributed by atoms with Crippen molar-refractivity contribution in [3.63, 3.8) is 0 Å². The van der Waals surface area contributed by atoms with Crippen molar-refractivity contribution in [2.75, 3.05) is 13.1 Å². The number of hydrogen-bond acceptors (Lipinski definition) is 2. The van der Waals surface area contributed by atoms with Gasteiger partial charge in [-0.1, -0.05) is 0 Å².